The highest BCUT2D eigenvalue weighted by Crippen LogP contribution is 2.36. The molecule has 0 bridgehead atoms. The Morgan fingerprint density at radius 2 is 1.54 bits per heavy atom. The molecule has 1 unspecified atom stereocenters. The summed E-state index contributed by atoms with van der Waals surface area (Å²) in [5.41, 5.74) is 11.6. The van der Waals surface area contributed by atoms with Crippen molar-refractivity contribution in [2.24, 2.45) is 0 Å². The van der Waals surface area contributed by atoms with Gasteiger partial charge in [0.1, 0.15) is 0 Å². The van der Waals surface area contributed by atoms with E-state index in [2.05, 4.69) is 133 Å². The Labute approximate surface area is 231 Å². The second-order valence-electron chi connectivity index (χ2n) is 10.1. The normalized spacial score (nSPS) is 16.2. The number of nitrogens with zero attached hydrogens (tertiary/aromatic N) is 1. The number of hydrogen-bond donors (Lipinski definition) is 1. The van der Waals surface area contributed by atoms with Gasteiger partial charge >= 0.3 is 0 Å². The van der Waals surface area contributed by atoms with Crippen LogP contribution in [0.2, 0.25) is 0 Å². The molecule has 4 aromatic rings. The van der Waals surface area contributed by atoms with Gasteiger partial charge < -0.3 is 5.32 Å². The van der Waals surface area contributed by atoms with E-state index in [1.54, 1.807) is 0 Å². The molecule has 39 heavy (non-hydrogen) atoms. The predicted octanol–water partition coefficient (Wildman–Crippen LogP) is 9.67. The number of hydrogen-bond acceptors (Lipinski definition) is 2. The molecule has 0 radical (unpaired) electrons. The van der Waals surface area contributed by atoms with Gasteiger partial charge in [-0.15, -0.1) is 0 Å². The molecule has 0 heterocycles. The van der Waals surface area contributed by atoms with Crippen molar-refractivity contribution in [2.75, 3.05) is 5.32 Å². The molecule has 188 valence electrons. The van der Waals surface area contributed by atoms with Gasteiger partial charge in [-0.2, -0.15) is 5.26 Å². The van der Waals surface area contributed by atoms with Gasteiger partial charge in [-0.05, 0) is 83.0 Å². The van der Waals surface area contributed by atoms with Crippen molar-refractivity contribution in [3.63, 3.8) is 0 Å². The van der Waals surface area contributed by atoms with Crippen LogP contribution in [0.3, 0.4) is 0 Å². The van der Waals surface area contributed by atoms with Crippen LogP contribution in [-0.4, -0.2) is 0 Å². The van der Waals surface area contributed by atoms with Crippen LogP contribution in [0.15, 0.2) is 139 Å². The molecule has 1 N–H and O–H groups in total. The first-order chi connectivity index (χ1) is 19.3. The Bertz CT molecular complexity index is 1640. The maximum Gasteiger partial charge on any atom is 0.0991 e. The highest BCUT2D eigenvalue weighted by atomic mass is 14.9. The van der Waals surface area contributed by atoms with E-state index in [1.807, 2.05) is 12.1 Å². The Hall–Kier alpha value is -4.87. The smallest absolute Gasteiger partial charge is 0.0991 e. The van der Waals surface area contributed by atoms with Crippen molar-refractivity contribution < 1.29 is 0 Å². The molecule has 0 fully saturated rings. The molecule has 6 rings (SSSR count). The third-order valence-electron chi connectivity index (χ3n) is 7.48. The third-order valence-corrected chi connectivity index (χ3v) is 7.48. The lowest BCUT2D eigenvalue weighted by molar-refractivity contribution is 0.857. The number of nitriles is 1. The topological polar surface area (TPSA) is 35.8 Å². The molecular weight excluding hydrogens is 472 g/mol. The molecule has 4 aromatic carbocycles. The average Bonchev–Trinajstić information content (AvgIpc) is 3.02. The van der Waals surface area contributed by atoms with Crippen molar-refractivity contribution in [2.45, 2.75) is 25.2 Å². The molecule has 2 aliphatic carbocycles. The Kier molecular flexibility index (Phi) is 7.06. The largest absolute Gasteiger partial charge is 0.358 e. The second-order valence-corrected chi connectivity index (χ2v) is 10.1. The fourth-order valence-corrected chi connectivity index (χ4v) is 5.37. The van der Waals surface area contributed by atoms with Gasteiger partial charge in [0.25, 0.3) is 0 Å². The maximum atomic E-state index is 9.14. The summed E-state index contributed by atoms with van der Waals surface area (Å²) in [7, 11) is 0. The first kappa shape index (κ1) is 24.5. The highest BCUT2D eigenvalue weighted by Gasteiger charge is 2.15. The van der Waals surface area contributed by atoms with Crippen molar-refractivity contribution in [3.8, 4) is 28.3 Å². The summed E-state index contributed by atoms with van der Waals surface area (Å²) in [5.74, 6) is 0.306. The average molecular weight is 503 g/mol. The van der Waals surface area contributed by atoms with E-state index in [1.165, 1.54) is 44.7 Å². The van der Waals surface area contributed by atoms with Gasteiger partial charge in [0.05, 0.1) is 11.6 Å². The minimum atomic E-state index is 0.306. The number of benzene rings is 4. The number of allylic oxidation sites excluding steroid dienone is 8. The predicted molar refractivity (Wildman–Crippen MR) is 163 cm³/mol. The molecule has 0 aliphatic heterocycles. The van der Waals surface area contributed by atoms with E-state index in [4.69, 9.17) is 5.26 Å². The molecular formula is C37H30N2. The monoisotopic (exact) mass is 502 g/mol. The number of nitrogens with one attached hydrogen (secondary N) is 1. The molecule has 1 atom stereocenters. The van der Waals surface area contributed by atoms with E-state index < -0.39 is 0 Å². The van der Waals surface area contributed by atoms with Gasteiger partial charge in [-0.3, -0.25) is 0 Å². The third kappa shape index (κ3) is 5.54. The van der Waals surface area contributed by atoms with E-state index in [-0.39, 0.29) is 0 Å². The minimum absolute atomic E-state index is 0.306. The Balaban J connectivity index is 1.33. The molecule has 0 saturated carbocycles. The first-order valence-electron chi connectivity index (χ1n) is 13.6. The Morgan fingerprint density at radius 3 is 2.33 bits per heavy atom. The van der Waals surface area contributed by atoms with Crippen LogP contribution in [-0.2, 0) is 0 Å². The van der Waals surface area contributed by atoms with Crippen LogP contribution < -0.4 is 5.32 Å². The van der Waals surface area contributed by atoms with Crippen LogP contribution in [0.5, 0.6) is 0 Å². The van der Waals surface area contributed by atoms with Crippen LogP contribution in [0.25, 0.3) is 27.8 Å². The van der Waals surface area contributed by atoms with Gasteiger partial charge in [0, 0.05) is 22.9 Å². The van der Waals surface area contributed by atoms with E-state index in [0.717, 1.165) is 24.9 Å². The van der Waals surface area contributed by atoms with Gasteiger partial charge in [0.15, 0.2) is 0 Å². The van der Waals surface area contributed by atoms with Crippen molar-refractivity contribution in [1.82, 2.24) is 0 Å². The van der Waals surface area contributed by atoms with Crippen LogP contribution in [0, 0.1) is 11.3 Å². The molecule has 0 spiro atoms. The maximum absolute atomic E-state index is 9.14. The van der Waals surface area contributed by atoms with Crippen LogP contribution in [0.1, 0.15) is 41.9 Å². The van der Waals surface area contributed by atoms with Gasteiger partial charge in [-0.1, -0.05) is 103 Å². The van der Waals surface area contributed by atoms with Crippen molar-refractivity contribution in [1.29, 1.82) is 5.26 Å². The molecule has 0 aromatic heterocycles. The zero-order valence-electron chi connectivity index (χ0n) is 21.8. The standard InChI is InChI=1S/C37H30N2/c38-26-27-17-19-28(20-18-27)30-11-7-12-31(23-30)32-13-8-14-33(24-32)34-21-22-36(29-9-3-1-4-10-29)37(25-34)39-35-15-5-2-6-16-35/h1-5,7-10,12-15,17-25,30,39H,6,11,16H2. The molecule has 2 nitrogen and oxygen atoms in total. The quantitative estimate of drug-likeness (QED) is 0.285. The number of anilines is 1. The van der Waals surface area contributed by atoms with Gasteiger partial charge in [0.2, 0.25) is 0 Å². The van der Waals surface area contributed by atoms with E-state index >= 15 is 0 Å². The van der Waals surface area contributed by atoms with Crippen molar-refractivity contribution >= 4 is 11.3 Å². The molecule has 0 saturated heterocycles. The minimum Gasteiger partial charge on any atom is -0.358 e. The summed E-state index contributed by atoms with van der Waals surface area (Å²) in [6.45, 7) is 0. The lowest BCUT2D eigenvalue weighted by Gasteiger charge is -2.19. The van der Waals surface area contributed by atoms with Crippen molar-refractivity contribution in [3.05, 3.63) is 156 Å². The fraction of sp³-hybridized carbons (Fsp3) is 0.108. The van der Waals surface area contributed by atoms with Crippen LogP contribution in [0.4, 0.5) is 5.69 Å². The summed E-state index contributed by atoms with van der Waals surface area (Å²) in [5, 5.41) is 12.9. The highest BCUT2D eigenvalue weighted by molar-refractivity contribution is 5.85. The SMILES string of the molecule is N#Cc1ccc(C2C=C(c3cccc(-c4ccc(-c5ccccc5)c(NC5=CC=CCC5)c4)c3)C=CC2)cc1. The lowest BCUT2D eigenvalue weighted by Crippen LogP contribution is -2.03. The van der Waals surface area contributed by atoms with Crippen LogP contribution >= 0.6 is 0 Å². The van der Waals surface area contributed by atoms with E-state index in [9.17, 15) is 0 Å². The molecule has 2 aliphatic rings. The summed E-state index contributed by atoms with van der Waals surface area (Å²) >= 11 is 0. The molecule has 2 heteroatoms. The first-order valence-corrected chi connectivity index (χ1v) is 13.6. The summed E-state index contributed by atoms with van der Waals surface area (Å²) < 4.78 is 0. The summed E-state index contributed by atoms with van der Waals surface area (Å²) in [6, 6.07) is 36.3. The van der Waals surface area contributed by atoms with Gasteiger partial charge in [-0.25, -0.2) is 0 Å². The zero-order chi connectivity index (χ0) is 26.4. The van der Waals surface area contributed by atoms with E-state index in [0.29, 0.717) is 11.5 Å². The number of rotatable bonds is 6. The lowest BCUT2D eigenvalue weighted by atomic mass is 9.86. The second kappa shape index (κ2) is 11.3. The zero-order valence-corrected chi connectivity index (χ0v) is 21.8. The summed E-state index contributed by atoms with van der Waals surface area (Å²) in [4.78, 5) is 0. The fourth-order valence-electron chi connectivity index (χ4n) is 5.37. The molecule has 0 amide bonds. The summed E-state index contributed by atoms with van der Waals surface area (Å²) in [6.07, 6.45) is 16.4. The Morgan fingerprint density at radius 1 is 0.744 bits per heavy atom.